The molecular formula is C11H6BrNO2S. The van der Waals surface area contributed by atoms with Crippen molar-refractivity contribution in [2.75, 3.05) is 0 Å². The summed E-state index contributed by atoms with van der Waals surface area (Å²) in [5.41, 5.74) is 3.08. The van der Waals surface area contributed by atoms with Crippen molar-refractivity contribution < 1.29 is 9.90 Å². The lowest BCUT2D eigenvalue weighted by Gasteiger charge is -2.00. The smallest absolute Gasteiger partial charge is 0.365 e. The normalized spacial score (nSPS) is 12.3. The van der Waals surface area contributed by atoms with Crippen molar-refractivity contribution in [2.45, 2.75) is 6.42 Å². The predicted molar refractivity (Wildman–Crippen MR) is 65.0 cm³/mol. The van der Waals surface area contributed by atoms with Gasteiger partial charge in [0.1, 0.15) is 0 Å². The first-order valence-corrected chi connectivity index (χ1v) is 6.28. The summed E-state index contributed by atoms with van der Waals surface area (Å²) in [4.78, 5) is 16.0. The van der Waals surface area contributed by atoms with Gasteiger partial charge in [0.15, 0.2) is 0 Å². The van der Waals surface area contributed by atoms with Crippen molar-refractivity contribution >= 4 is 33.2 Å². The molecule has 1 aromatic carbocycles. The number of benzene rings is 1. The van der Waals surface area contributed by atoms with E-state index in [2.05, 4.69) is 20.9 Å². The molecule has 0 saturated carbocycles. The van der Waals surface area contributed by atoms with Gasteiger partial charge >= 0.3 is 5.97 Å². The number of carboxylic acids is 1. The maximum atomic E-state index is 10.8. The van der Waals surface area contributed by atoms with E-state index in [-0.39, 0.29) is 5.01 Å². The van der Waals surface area contributed by atoms with E-state index in [0.29, 0.717) is 0 Å². The van der Waals surface area contributed by atoms with Gasteiger partial charge in [0, 0.05) is 21.3 Å². The van der Waals surface area contributed by atoms with Gasteiger partial charge in [-0.3, -0.25) is 0 Å². The highest BCUT2D eigenvalue weighted by molar-refractivity contribution is 9.10. The molecule has 3 rings (SSSR count). The van der Waals surface area contributed by atoms with Gasteiger partial charge in [-0.15, -0.1) is 11.3 Å². The van der Waals surface area contributed by atoms with Gasteiger partial charge in [0.05, 0.1) is 5.69 Å². The van der Waals surface area contributed by atoms with Crippen molar-refractivity contribution in [1.29, 1.82) is 0 Å². The first kappa shape index (κ1) is 9.99. The first-order valence-electron chi connectivity index (χ1n) is 4.67. The van der Waals surface area contributed by atoms with Crippen molar-refractivity contribution in [2.24, 2.45) is 0 Å². The summed E-state index contributed by atoms with van der Waals surface area (Å²) >= 11 is 4.76. The third-order valence-electron chi connectivity index (χ3n) is 2.59. The largest absolute Gasteiger partial charge is 0.476 e. The summed E-state index contributed by atoms with van der Waals surface area (Å²) in [6.07, 6.45) is 0.775. The van der Waals surface area contributed by atoms with Crippen LogP contribution in [-0.4, -0.2) is 16.1 Å². The summed E-state index contributed by atoms with van der Waals surface area (Å²) in [6, 6.07) is 5.92. The first-order chi connectivity index (χ1) is 7.66. The molecule has 0 bridgehead atoms. The molecule has 2 aromatic rings. The topological polar surface area (TPSA) is 50.2 Å². The second-order valence-corrected chi connectivity index (χ2v) is 5.48. The third kappa shape index (κ3) is 1.32. The molecule has 0 radical (unpaired) electrons. The molecule has 1 heterocycles. The predicted octanol–water partition coefficient (Wildman–Crippen LogP) is 3.18. The number of aromatic carboxylic acids is 1. The highest BCUT2D eigenvalue weighted by Crippen LogP contribution is 2.42. The number of hydrogen-bond acceptors (Lipinski definition) is 3. The van der Waals surface area contributed by atoms with E-state index < -0.39 is 5.97 Å². The molecule has 1 aliphatic carbocycles. The average molecular weight is 296 g/mol. The van der Waals surface area contributed by atoms with Crippen LogP contribution < -0.4 is 0 Å². The number of fused-ring (bicyclic) bond motifs is 3. The number of rotatable bonds is 1. The molecule has 0 atom stereocenters. The zero-order valence-electron chi connectivity index (χ0n) is 8.03. The van der Waals surface area contributed by atoms with Crippen molar-refractivity contribution in [1.82, 2.24) is 4.98 Å². The molecule has 80 valence electrons. The zero-order chi connectivity index (χ0) is 11.3. The lowest BCUT2D eigenvalue weighted by molar-refractivity contribution is 0.0696. The third-order valence-corrected chi connectivity index (χ3v) is 4.38. The number of hydrogen-bond donors (Lipinski definition) is 1. The molecule has 1 aromatic heterocycles. The van der Waals surface area contributed by atoms with Crippen LogP contribution in [0.25, 0.3) is 11.3 Å². The van der Waals surface area contributed by atoms with Gasteiger partial charge in [-0.2, -0.15) is 0 Å². The van der Waals surface area contributed by atoms with Gasteiger partial charge in [0.25, 0.3) is 0 Å². The molecule has 0 spiro atoms. The number of halogens is 1. The van der Waals surface area contributed by atoms with Crippen molar-refractivity contribution in [3.8, 4) is 11.3 Å². The van der Waals surface area contributed by atoms with Gasteiger partial charge in [0.2, 0.25) is 5.01 Å². The number of carbonyl (C=O) groups is 1. The average Bonchev–Trinajstić information content (AvgIpc) is 2.76. The van der Waals surface area contributed by atoms with E-state index in [0.717, 1.165) is 27.0 Å². The fraction of sp³-hybridized carbons (Fsp3) is 0.0909. The van der Waals surface area contributed by atoms with Crippen LogP contribution >= 0.6 is 27.3 Å². The Morgan fingerprint density at radius 2 is 2.31 bits per heavy atom. The quantitative estimate of drug-likeness (QED) is 0.750. The Morgan fingerprint density at radius 1 is 1.50 bits per heavy atom. The number of thiazole rings is 1. The van der Waals surface area contributed by atoms with E-state index in [1.807, 2.05) is 18.2 Å². The lowest BCUT2D eigenvalue weighted by atomic mass is 10.1. The molecule has 0 unspecified atom stereocenters. The van der Waals surface area contributed by atoms with Gasteiger partial charge in [-0.25, -0.2) is 9.78 Å². The number of nitrogens with zero attached hydrogens (tertiary/aromatic N) is 1. The van der Waals surface area contributed by atoms with Crippen LogP contribution in [0.1, 0.15) is 20.2 Å². The fourth-order valence-corrected chi connectivity index (χ4v) is 3.33. The van der Waals surface area contributed by atoms with E-state index in [1.165, 1.54) is 16.9 Å². The highest BCUT2D eigenvalue weighted by atomic mass is 79.9. The van der Waals surface area contributed by atoms with Crippen LogP contribution in [0.4, 0.5) is 0 Å². The van der Waals surface area contributed by atoms with Crippen LogP contribution in [0.15, 0.2) is 22.7 Å². The minimum Gasteiger partial charge on any atom is -0.476 e. The fourth-order valence-electron chi connectivity index (χ4n) is 1.89. The number of carboxylic acid groups (broad SMARTS) is 1. The molecule has 0 fully saturated rings. The summed E-state index contributed by atoms with van der Waals surface area (Å²) in [5, 5.41) is 9.06. The summed E-state index contributed by atoms with van der Waals surface area (Å²) < 4.78 is 1.06. The molecule has 1 aliphatic rings. The number of aromatic nitrogens is 1. The van der Waals surface area contributed by atoms with Gasteiger partial charge in [-0.05, 0) is 11.6 Å². The van der Waals surface area contributed by atoms with Gasteiger partial charge < -0.3 is 5.11 Å². The SMILES string of the molecule is O=C(O)c1nc2c(s1)Cc1c(Br)cccc1-2. The van der Waals surface area contributed by atoms with Gasteiger partial charge in [-0.1, -0.05) is 28.1 Å². The summed E-state index contributed by atoms with van der Waals surface area (Å²) in [7, 11) is 0. The Hall–Kier alpha value is -1.20. The monoisotopic (exact) mass is 295 g/mol. The minimum atomic E-state index is -0.948. The van der Waals surface area contributed by atoms with E-state index in [4.69, 9.17) is 5.11 Å². The molecule has 0 amide bonds. The second-order valence-electron chi connectivity index (χ2n) is 3.54. The Labute approximate surface area is 104 Å². The Kier molecular flexibility index (Phi) is 2.12. The van der Waals surface area contributed by atoms with Crippen LogP contribution in [0.5, 0.6) is 0 Å². The lowest BCUT2D eigenvalue weighted by Crippen LogP contribution is -1.94. The molecule has 1 N–H and O–H groups in total. The maximum absolute atomic E-state index is 10.8. The Morgan fingerprint density at radius 3 is 3.06 bits per heavy atom. The van der Waals surface area contributed by atoms with Crippen LogP contribution in [0, 0.1) is 0 Å². The van der Waals surface area contributed by atoms with E-state index >= 15 is 0 Å². The van der Waals surface area contributed by atoms with Crippen molar-refractivity contribution in [3.63, 3.8) is 0 Å². The highest BCUT2D eigenvalue weighted by Gasteiger charge is 2.26. The zero-order valence-corrected chi connectivity index (χ0v) is 10.4. The molecule has 3 nitrogen and oxygen atoms in total. The van der Waals surface area contributed by atoms with Crippen LogP contribution in [-0.2, 0) is 6.42 Å². The Balaban J connectivity index is 2.20. The minimum absolute atomic E-state index is 0.177. The molecule has 0 aliphatic heterocycles. The molecule has 16 heavy (non-hydrogen) atoms. The molecular weight excluding hydrogens is 290 g/mol. The van der Waals surface area contributed by atoms with Crippen molar-refractivity contribution in [3.05, 3.63) is 38.1 Å². The summed E-state index contributed by atoms with van der Waals surface area (Å²) in [6.45, 7) is 0. The molecule has 0 saturated heterocycles. The Bertz CT molecular complexity index is 606. The standard InChI is InChI=1S/C11H6BrNO2S/c12-7-3-1-2-5-6(7)4-8-9(5)13-10(16-8)11(14)15/h1-3H,4H2,(H,14,15). The maximum Gasteiger partial charge on any atom is 0.365 e. The van der Waals surface area contributed by atoms with E-state index in [1.54, 1.807) is 0 Å². The second kappa shape index (κ2) is 3.40. The van der Waals surface area contributed by atoms with E-state index in [9.17, 15) is 4.79 Å². The van der Waals surface area contributed by atoms with Crippen LogP contribution in [0.2, 0.25) is 0 Å². The molecule has 5 heteroatoms. The van der Waals surface area contributed by atoms with Crippen LogP contribution in [0.3, 0.4) is 0 Å². The summed E-state index contributed by atoms with van der Waals surface area (Å²) in [5.74, 6) is -0.948.